The van der Waals surface area contributed by atoms with Crippen LogP contribution in [0.15, 0.2) is 29.3 Å². The van der Waals surface area contributed by atoms with E-state index < -0.39 is 0 Å². The molecule has 1 aliphatic heterocycles. The van der Waals surface area contributed by atoms with E-state index in [2.05, 4.69) is 17.8 Å². The second kappa shape index (κ2) is 5.10. The molecule has 0 fully saturated rings. The van der Waals surface area contributed by atoms with Crippen molar-refractivity contribution in [1.29, 1.82) is 0 Å². The van der Waals surface area contributed by atoms with Crippen LogP contribution in [0, 0.1) is 0 Å². The van der Waals surface area contributed by atoms with Crippen LogP contribution in [0.25, 0.3) is 0 Å². The lowest BCUT2D eigenvalue weighted by Crippen LogP contribution is -2.14. The van der Waals surface area contributed by atoms with Gasteiger partial charge in [0.1, 0.15) is 5.84 Å². The Kier molecular flexibility index (Phi) is 4.32. The van der Waals surface area contributed by atoms with E-state index in [1.165, 1.54) is 5.56 Å². The number of halogens is 2. The van der Waals surface area contributed by atoms with Gasteiger partial charge in [0.25, 0.3) is 0 Å². The predicted octanol–water partition coefficient (Wildman–Crippen LogP) is 3.38. The van der Waals surface area contributed by atoms with Gasteiger partial charge >= 0.3 is 0 Å². The number of hydrogen-bond acceptors (Lipinski definition) is 3. The molecule has 0 aliphatic carbocycles. The summed E-state index contributed by atoms with van der Waals surface area (Å²) in [6.07, 6.45) is 0. The molecule has 0 radical (unpaired) electrons. The Bertz CT molecular complexity index is 364. The van der Waals surface area contributed by atoms with Crippen molar-refractivity contribution in [3.63, 3.8) is 0 Å². The summed E-state index contributed by atoms with van der Waals surface area (Å²) in [7, 11) is 0. The number of benzene rings is 1. The first-order valence-corrected chi connectivity index (χ1v) is 5.21. The van der Waals surface area contributed by atoms with E-state index in [-0.39, 0.29) is 18.4 Å². The molecule has 1 aliphatic rings. The minimum absolute atomic E-state index is 0. The topological polar surface area (TPSA) is 15.6 Å². The fraction of sp³-hybridized carbons (Fsp3) is 0.300. The van der Waals surface area contributed by atoms with Gasteiger partial charge in [0.2, 0.25) is 0 Å². The zero-order valence-corrected chi connectivity index (χ0v) is 10.7. The van der Waals surface area contributed by atoms with Crippen molar-refractivity contribution in [2.45, 2.75) is 13.0 Å². The van der Waals surface area contributed by atoms with Crippen LogP contribution in [0.1, 0.15) is 18.5 Å². The van der Waals surface area contributed by atoms with Crippen molar-refractivity contribution in [2.24, 2.45) is 4.99 Å². The molecular formula is C10H12Cl2N2S. The van der Waals surface area contributed by atoms with Crippen LogP contribution in [0.5, 0.6) is 0 Å². The second-order valence-electron chi connectivity index (χ2n) is 3.33. The number of amidine groups is 1. The first kappa shape index (κ1) is 12.7. The maximum absolute atomic E-state index is 5.81. The molecule has 15 heavy (non-hydrogen) atoms. The summed E-state index contributed by atoms with van der Waals surface area (Å²) in [5.41, 5.74) is 1.19. The highest BCUT2D eigenvalue weighted by Crippen LogP contribution is 2.26. The third-order valence-corrected chi connectivity index (χ3v) is 3.02. The van der Waals surface area contributed by atoms with Crippen molar-refractivity contribution < 1.29 is 0 Å². The maximum Gasteiger partial charge on any atom is 0.106 e. The van der Waals surface area contributed by atoms with Gasteiger partial charge in [-0.3, -0.25) is 4.99 Å². The van der Waals surface area contributed by atoms with Gasteiger partial charge in [0.15, 0.2) is 0 Å². The number of rotatable bonds is 1. The maximum atomic E-state index is 5.81. The highest BCUT2D eigenvalue weighted by atomic mass is 35.5. The molecule has 0 saturated carbocycles. The van der Waals surface area contributed by atoms with Crippen molar-refractivity contribution in [3.05, 3.63) is 34.9 Å². The number of hydrogen-bond donors (Lipinski definition) is 1. The zero-order valence-electron chi connectivity index (χ0n) is 8.22. The quantitative estimate of drug-likeness (QED) is 0.768. The molecule has 0 aromatic heterocycles. The first-order valence-electron chi connectivity index (χ1n) is 4.43. The zero-order chi connectivity index (χ0) is 10.1. The molecule has 2 rings (SSSR count). The highest BCUT2D eigenvalue weighted by molar-refractivity contribution is 7.78. The third kappa shape index (κ3) is 2.80. The second-order valence-corrected chi connectivity index (χ2v) is 4.25. The summed E-state index contributed by atoms with van der Waals surface area (Å²) in [5.74, 6) is 0.966. The van der Waals surface area contributed by atoms with Crippen LogP contribution in [0.4, 0.5) is 0 Å². The van der Waals surface area contributed by atoms with Gasteiger partial charge in [-0.2, -0.15) is 0 Å². The molecule has 1 heterocycles. The molecule has 0 amide bonds. The Morgan fingerprint density at radius 2 is 2.00 bits per heavy atom. The van der Waals surface area contributed by atoms with Crippen LogP contribution >= 0.6 is 36.8 Å². The van der Waals surface area contributed by atoms with Crippen LogP contribution in [0.3, 0.4) is 0 Å². The van der Waals surface area contributed by atoms with Gasteiger partial charge < -0.3 is 4.31 Å². The van der Waals surface area contributed by atoms with Crippen molar-refractivity contribution >= 4 is 42.7 Å². The van der Waals surface area contributed by atoms with Gasteiger partial charge in [0.05, 0.1) is 12.6 Å². The van der Waals surface area contributed by atoms with Gasteiger partial charge in [-0.05, 0) is 24.6 Å². The molecule has 82 valence electrons. The molecule has 0 bridgehead atoms. The van der Waals surface area contributed by atoms with E-state index in [1.807, 2.05) is 35.5 Å². The van der Waals surface area contributed by atoms with Crippen LogP contribution in [-0.4, -0.2) is 16.7 Å². The molecule has 1 aromatic rings. The highest BCUT2D eigenvalue weighted by Gasteiger charge is 2.21. The Hall–Kier alpha value is -0.380. The fourth-order valence-electron chi connectivity index (χ4n) is 1.49. The Morgan fingerprint density at radius 1 is 1.40 bits per heavy atom. The normalized spacial score (nSPS) is 19.8. The Balaban J connectivity index is 0.00000112. The SMILES string of the molecule is CC1=NC(c2ccc(Cl)cc2)CN1S.Cl. The Labute approximate surface area is 106 Å². The van der Waals surface area contributed by atoms with E-state index in [1.54, 1.807) is 0 Å². The monoisotopic (exact) mass is 262 g/mol. The minimum Gasteiger partial charge on any atom is -0.305 e. The minimum atomic E-state index is 0. The Morgan fingerprint density at radius 3 is 2.47 bits per heavy atom. The van der Waals surface area contributed by atoms with E-state index in [0.29, 0.717) is 0 Å². The number of aliphatic imine (C=N–C) groups is 1. The van der Waals surface area contributed by atoms with Gasteiger partial charge in [-0.15, -0.1) is 12.4 Å². The lowest BCUT2D eigenvalue weighted by atomic mass is 10.1. The molecule has 0 saturated heterocycles. The predicted molar refractivity (Wildman–Crippen MR) is 70.2 cm³/mol. The summed E-state index contributed by atoms with van der Waals surface area (Å²) < 4.78 is 1.86. The molecule has 5 heteroatoms. The average molecular weight is 263 g/mol. The van der Waals surface area contributed by atoms with E-state index in [4.69, 9.17) is 11.6 Å². The van der Waals surface area contributed by atoms with E-state index >= 15 is 0 Å². The first-order chi connectivity index (χ1) is 6.66. The van der Waals surface area contributed by atoms with Crippen LogP contribution in [-0.2, 0) is 0 Å². The smallest absolute Gasteiger partial charge is 0.106 e. The van der Waals surface area contributed by atoms with E-state index in [9.17, 15) is 0 Å². The van der Waals surface area contributed by atoms with Crippen molar-refractivity contribution in [1.82, 2.24) is 4.31 Å². The summed E-state index contributed by atoms with van der Waals surface area (Å²) in [4.78, 5) is 4.49. The van der Waals surface area contributed by atoms with Gasteiger partial charge in [0, 0.05) is 5.02 Å². The molecule has 0 spiro atoms. The standard InChI is InChI=1S/C10H11ClN2S.ClH/c1-7-12-10(6-13(7)14)8-2-4-9(11)5-3-8;/h2-5,10,14H,6H2,1H3;1H. The van der Waals surface area contributed by atoms with E-state index in [0.717, 1.165) is 17.4 Å². The lowest BCUT2D eigenvalue weighted by molar-refractivity contribution is 0.640. The lowest BCUT2D eigenvalue weighted by Gasteiger charge is -2.10. The van der Waals surface area contributed by atoms with Gasteiger partial charge in [-0.1, -0.05) is 36.5 Å². The summed E-state index contributed by atoms with van der Waals surface area (Å²) >= 11 is 10.1. The molecule has 1 unspecified atom stereocenters. The largest absolute Gasteiger partial charge is 0.305 e. The van der Waals surface area contributed by atoms with Gasteiger partial charge in [-0.25, -0.2) is 0 Å². The molecular weight excluding hydrogens is 251 g/mol. The summed E-state index contributed by atoms with van der Waals surface area (Å²) in [5, 5.41) is 0.759. The molecule has 1 aromatic carbocycles. The third-order valence-electron chi connectivity index (χ3n) is 2.32. The van der Waals surface area contributed by atoms with Crippen LogP contribution in [0.2, 0.25) is 5.02 Å². The van der Waals surface area contributed by atoms with Crippen LogP contribution < -0.4 is 0 Å². The number of nitrogens with zero attached hydrogens (tertiary/aromatic N) is 2. The molecule has 2 nitrogen and oxygen atoms in total. The van der Waals surface area contributed by atoms with Crippen molar-refractivity contribution in [3.8, 4) is 0 Å². The summed E-state index contributed by atoms with van der Waals surface area (Å²) in [6.45, 7) is 2.79. The summed E-state index contributed by atoms with van der Waals surface area (Å²) in [6, 6.07) is 8.00. The fourth-order valence-corrected chi connectivity index (χ4v) is 1.83. The molecule has 0 N–H and O–H groups in total. The van der Waals surface area contributed by atoms with Crippen molar-refractivity contribution in [2.75, 3.05) is 6.54 Å². The molecule has 1 atom stereocenters. The number of thiol groups is 1. The average Bonchev–Trinajstić information content (AvgIpc) is 2.48.